The Morgan fingerprint density at radius 1 is 1.22 bits per heavy atom. The molecule has 0 saturated heterocycles. The second-order valence-corrected chi connectivity index (χ2v) is 3.97. The molecule has 1 aromatic heterocycles. The van der Waals surface area contributed by atoms with Gasteiger partial charge in [0, 0.05) is 6.92 Å². The van der Waals surface area contributed by atoms with Crippen LogP contribution in [0.3, 0.4) is 0 Å². The molecule has 0 unspecified atom stereocenters. The van der Waals surface area contributed by atoms with Crippen LogP contribution in [0.4, 0.5) is 5.69 Å². The van der Waals surface area contributed by atoms with Crippen LogP contribution in [0.1, 0.15) is 22.6 Å². The molecule has 0 aliphatic heterocycles. The molecule has 18 heavy (non-hydrogen) atoms. The molecule has 0 bridgehead atoms. The van der Waals surface area contributed by atoms with Crippen LogP contribution >= 0.6 is 0 Å². The molecule has 1 aromatic carbocycles. The summed E-state index contributed by atoms with van der Waals surface area (Å²) in [6.45, 7) is 3.52. The molecule has 0 saturated carbocycles. The van der Waals surface area contributed by atoms with Crippen molar-refractivity contribution in [3.8, 4) is 0 Å². The summed E-state index contributed by atoms with van der Waals surface area (Å²) in [6.07, 6.45) is 3.35. The van der Waals surface area contributed by atoms with Crippen molar-refractivity contribution in [1.82, 2.24) is 5.16 Å². The van der Waals surface area contributed by atoms with E-state index >= 15 is 0 Å². The predicted molar refractivity (Wildman–Crippen MR) is 68.0 cm³/mol. The standard InChI is InChI=1S/C13H12N2O3/c1-9-3-5-11(6-4-9)7-8-12-13(15(16)17)10(2)18-14-12/h3-8H,1-2H3/b8-7+. The van der Waals surface area contributed by atoms with E-state index < -0.39 is 4.92 Å². The third-order valence-electron chi connectivity index (χ3n) is 2.55. The summed E-state index contributed by atoms with van der Waals surface area (Å²) in [5.41, 5.74) is 2.27. The van der Waals surface area contributed by atoms with E-state index in [0.29, 0.717) is 0 Å². The van der Waals surface area contributed by atoms with Gasteiger partial charge in [-0.25, -0.2) is 0 Å². The van der Waals surface area contributed by atoms with Gasteiger partial charge in [0.25, 0.3) is 0 Å². The van der Waals surface area contributed by atoms with E-state index in [2.05, 4.69) is 5.16 Å². The molecule has 5 heteroatoms. The van der Waals surface area contributed by atoms with Gasteiger partial charge >= 0.3 is 5.69 Å². The first-order valence-corrected chi connectivity index (χ1v) is 5.43. The van der Waals surface area contributed by atoms with Gasteiger partial charge in [-0.1, -0.05) is 41.1 Å². The first kappa shape index (κ1) is 12.0. The van der Waals surface area contributed by atoms with Crippen LogP contribution in [0, 0.1) is 24.0 Å². The molecule has 0 aliphatic carbocycles. The zero-order valence-corrected chi connectivity index (χ0v) is 10.1. The highest BCUT2D eigenvalue weighted by molar-refractivity contribution is 5.72. The third kappa shape index (κ3) is 2.45. The summed E-state index contributed by atoms with van der Waals surface area (Å²) in [4.78, 5) is 10.3. The Morgan fingerprint density at radius 2 is 1.89 bits per heavy atom. The number of nitro groups is 1. The Bertz CT molecular complexity index is 597. The molecule has 0 spiro atoms. The van der Waals surface area contributed by atoms with Crippen LogP contribution < -0.4 is 0 Å². The molecule has 2 rings (SSSR count). The minimum Gasteiger partial charge on any atom is -0.354 e. The average molecular weight is 244 g/mol. The van der Waals surface area contributed by atoms with Gasteiger partial charge in [-0.05, 0) is 18.6 Å². The molecule has 2 aromatic rings. The van der Waals surface area contributed by atoms with Gasteiger partial charge in [0.05, 0.1) is 4.92 Å². The number of nitrogens with zero attached hydrogens (tertiary/aromatic N) is 2. The minimum absolute atomic E-state index is 0.0849. The van der Waals surface area contributed by atoms with Gasteiger partial charge in [-0.2, -0.15) is 0 Å². The Balaban J connectivity index is 2.29. The van der Waals surface area contributed by atoms with Gasteiger partial charge in [0.1, 0.15) is 0 Å². The molecular formula is C13H12N2O3. The van der Waals surface area contributed by atoms with Crippen molar-refractivity contribution in [2.75, 3.05) is 0 Å². The van der Waals surface area contributed by atoms with E-state index in [1.54, 1.807) is 12.2 Å². The van der Waals surface area contributed by atoms with Crippen molar-refractivity contribution in [2.45, 2.75) is 13.8 Å². The van der Waals surface area contributed by atoms with Crippen molar-refractivity contribution >= 4 is 17.8 Å². The number of hydrogen-bond acceptors (Lipinski definition) is 4. The highest BCUT2D eigenvalue weighted by Crippen LogP contribution is 2.24. The monoisotopic (exact) mass is 244 g/mol. The van der Waals surface area contributed by atoms with Gasteiger partial charge in [-0.3, -0.25) is 10.1 Å². The van der Waals surface area contributed by atoms with E-state index in [-0.39, 0.29) is 17.1 Å². The van der Waals surface area contributed by atoms with Crippen LogP contribution in [0.15, 0.2) is 28.8 Å². The number of aromatic nitrogens is 1. The quantitative estimate of drug-likeness (QED) is 0.613. The average Bonchev–Trinajstić information content (AvgIpc) is 2.70. The maximum absolute atomic E-state index is 10.8. The molecule has 0 fully saturated rings. The predicted octanol–water partition coefficient (Wildman–Crippen LogP) is 3.37. The summed E-state index contributed by atoms with van der Waals surface area (Å²) in [5, 5.41) is 14.5. The summed E-state index contributed by atoms with van der Waals surface area (Å²) < 4.78 is 4.82. The maximum Gasteiger partial charge on any atom is 0.338 e. The molecule has 0 N–H and O–H groups in total. The van der Waals surface area contributed by atoms with Crippen molar-refractivity contribution in [3.63, 3.8) is 0 Å². The van der Waals surface area contributed by atoms with Crippen molar-refractivity contribution in [3.05, 3.63) is 57.0 Å². The van der Waals surface area contributed by atoms with Crippen molar-refractivity contribution in [1.29, 1.82) is 0 Å². The fraction of sp³-hybridized carbons (Fsp3) is 0.154. The highest BCUT2D eigenvalue weighted by Gasteiger charge is 2.21. The lowest BCUT2D eigenvalue weighted by atomic mass is 10.1. The molecule has 5 nitrogen and oxygen atoms in total. The van der Waals surface area contributed by atoms with E-state index in [1.807, 2.05) is 31.2 Å². The topological polar surface area (TPSA) is 69.2 Å². The first-order valence-electron chi connectivity index (χ1n) is 5.43. The molecule has 0 radical (unpaired) electrons. The van der Waals surface area contributed by atoms with E-state index in [0.717, 1.165) is 11.1 Å². The Labute approximate surface area is 104 Å². The number of rotatable bonds is 3. The molecular weight excluding hydrogens is 232 g/mol. The smallest absolute Gasteiger partial charge is 0.338 e. The van der Waals surface area contributed by atoms with Crippen LogP contribution in [0.2, 0.25) is 0 Å². The summed E-state index contributed by atoms with van der Waals surface area (Å²) >= 11 is 0. The zero-order valence-electron chi connectivity index (χ0n) is 10.1. The van der Waals surface area contributed by atoms with Gasteiger partial charge in [0.15, 0.2) is 5.69 Å². The van der Waals surface area contributed by atoms with Crippen molar-refractivity contribution < 1.29 is 9.45 Å². The number of benzene rings is 1. The van der Waals surface area contributed by atoms with Crippen LogP contribution in [-0.2, 0) is 0 Å². The maximum atomic E-state index is 10.8. The number of aryl methyl sites for hydroxylation is 2. The zero-order chi connectivity index (χ0) is 13.1. The lowest BCUT2D eigenvalue weighted by molar-refractivity contribution is -0.386. The SMILES string of the molecule is Cc1ccc(/C=C/c2noc(C)c2[N+](=O)[O-])cc1. The van der Waals surface area contributed by atoms with Crippen LogP contribution in [-0.4, -0.2) is 10.1 Å². The Morgan fingerprint density at radius 3 is 2.50 bits per heavy atom. The second kappa shape index (κ2) is 4.83. The van der Waals surface area contributed by atoms with Crippen LogP contribution in [0.5, 0.6) is 0 Å². The molecule has 92 valence electrons. The van der Waals surface area contributed by atoms with Crippen molar-refractivity contribution in [2.24, 2.45) is 0 Å². The lowest BCUT2D eigenvalue weighted by Gasteiger charge is -1.93. The summed E-state index contributed by atoms with van der Waals surface area (Å²) in [6, 6.07) is 7.82. The fourth-order valence-corrected chi connectivity index (χ4v) is 1.57. The molecule has 0 amide bonds. The lowest BCUT2D eigenvalue weighted by Crippen LogP contribution is -1.90. The van der Waals surface area contributed by atoms with Crippen LogP contribution in [0.25, 0.3) is 12.2 Å². The molecule has 1 heterocycles. The van der Waals surface area contributed by atoms with Gasteiger partial charge in [-0.15, -0.1) is 0 Å². The minimum atomic E-state index is -0.485. The highest BCUT2D eigenvalue weighted by atomic mass is 16.6. The van der Waals surface area contributed by atoms with E-state index in [4.69, 9.17) is 4.52 Å². The fourth-order valence-electron chi connectivity index (χ4n) is 1.57. The summed E-state index contributed by atoms with van der Waals surface area (Å²) in [7, 11) is 0. The normalized spacial score (nSPS) is 11.0. The summed E-state index contributed by atoms with van der Waals surface area (Å²) in [5.74, 6) is 0.212. The largest absolute Gasteiger partial charge is 0.354 e. The van der Waals surface area contributed by atoms with E-state index in [9.17, 15) is 10.1 Å². The third-order valence-corrected chi connectivity index (χ3v) is 2.55. The molecule has 0 aliphatic rings. The van der Waals surface area contributed by atoms with E-state index in [1.165, 1.54) is 6.92 Å². The van der Waals surface area contributed by atoms with Gasteiger partial charge in [0.2, 0.25) is 5.76 Å². The first-order chi connectivity index (χ1) is 8.58. The second-order valence-electron chi connectivity index (χ2n) is 3.97. The number of hydrogen-bond donors (Lipinski definition) is 0. The Kier molecular flexibility index (Phi) is 3.23. The Hall–Kier alpha value is -2.43. The van der Waals surface area contributed by atoms with Gasteiger partial charge < -0.3 is 4.52 Å². The molecule has 0 atom stereocenters.